The Labute approximate surface area is 133 Å². The van der Waals surface area contributed by atoms with Crippen molar-refractivity contribution < 1.29 is 12.8 Å². The van der Waals surface area contributed by atoms with Gasteiger partial charge in [0.15, 0.2) is 0 Å². The van der Waals surface area contributed by atoms with Gasteiger partial charge in [0.05, 0.1) is 15.7 Å². The Balaban J connectivity index is 2.47. The number of anilines is 1. The minimum Gasteiger partial charge on any atom is -0.326 e. The largest absolute Gasteiger partial charge is 0.326 e. The summed E-state index contributed by atoms with van der Waals surface area (Å²) in [6.07, 6.45) is 0.960. The Hall–Kier alpha value is -1.28. The average Bonchev–Trinajstić information content (AvgIpc) is 2.37. The maximum atomic E-state index is 13.1. The number of pyridine rings is 1. The minimum absolute atomic E-state index is 0.179. The third-order valence-corrected chi connectivity index (χ3v) is 4.59. The van der Waals surface area contributed by atoms with Crippen LogP contribution in [0.1, 0.15) is 0 Å². The summed E-state index contributed by atoms with van der Waals surface area (Å²) >= 11 is 17.1. The van der Waals surface area contributed by atoms with E-state index in [0.717, 1.165) is 24.4 Å². The molecule has 0 aliphatic heterocycles. The van der Waals surface area contributed by atoms with E-state index in [0.29, 0.717) is 0 Å². The summed E-state index contributed by atoms with van der Waals surface area (Å²) in [5.41, 5.74) is -0.810. The number of aromatic nitrogens is 1. The molecule has 0 unspecified atom stereocenters. The van der Waals surface area contributed by atoms with Crippen molar-refractivity contribution in [3.05, 3.63) is 55.6 Å². The second kappa shape index (κ2) is 5.84. The molecule has 0 bridgehead atoms. The fourth-order valence-corrected chi connectivity index (χ4v) is 3.42. The van der Waals surface area contributed by atoms with Crippen LogP contribution in [0.25, 0.3) is 0 Å². The number of sulfonamides is 1. The fourth-order valence-electron chi connectivity index (χ4n) is 1.43. The van der Waals surface area contributed by atoms with Crippen LogP contribution >= 0.6 is 34.8 Å². The molecule has 1 aromatic carbocycles. The van der Waals surface area contributed by atoms with Crippen LogP contribution in [-0.2, 0) is 10.0 Å². The SMILES string of the molecule is O=c1[nH]cc(S(=O)(=O)Nc2c(Cl)cc(F)cc2Cl)cc1Cl. The number of nitrogens with one attached hydrogen (secondary N) is 2. The molecule has 0 atom stereocenters. The summed E-state index contributed by atoms with van der Waals surface area (Å²) in [6.45, 7) is 0. The maximum absolute atomic E-state index is 13.1. The topological polar surface area (TPSA) is 79.0 Å². The normalized spacial score (nSPS) is 11.4. The molecule has 0 aliphatic rings. The van der Waals surface area contributed by atoms with E-state index < -0.39 is 21.4 Å². The van der Waals surface area contributed by atoms with Gasteiger partial charge in [-0.05, 0) is 18.2 Å². The molecule has 2 rings (SSSR count). The van der Waals surface area contributed by atoms with Gasteiger partial charge in [0, 0.05) is 6.20 Å². The molecule has 1 heterocycles. The first kappa shape index (κ1) is 16.1. The Morgan fingerprint density at radius 2 is 1.62 bits per heavy atom. The second-order valence-corrected chi connectivity index (χ2v) is 6.77. The van der Waals surface area contributed by atoms with Crippen LogP contribution in [0.5, 0.6) is 0 Å². The van der Waals surface area contributed by atoms with Gasteiger partial charge in [0.25, 0.3) is 15.6 Å². The summed E-state index contributed by atoms with van der Waals surface area (Å²) in [6, 6.07) is 2.78. The van der Waals surface area contributed by atoms with E-state index in [9.17, 15) is 17.6 Å². The molecule has 0 fully saturated rings. The van der Waals surface area contributed by atoms with Crippen molar-refractivity contribution in [3.63, 3.8) is 0 Å². The molecule has 0 aliphatic carbocycles. The molecule has 2 aromatic rings. The van der Waals surface area contributed by atoms with E-state index in [2.05, 4.69) is 9.71 Å². The lowest BCUT2D eigenvalue weighted by molar-refractivity contribution is 0.600. The summed E-state index contributed by atoms with van der Waals surface area (Å²) in [7, 11) is -4.11. The van der Waals surface area contributed by atoms with E-state index in [-0.39, 0.29) is 25.7 Å². The van der Waals surface area contributed by atoms with Gasteiger partial charge in [-0.25, -0.2) is 12.8 Å². The molecule has 112 valence electrons. The van der Waals surface area contributed by atoms with Crippen LogP contribution in [0.15, 0.2) is 34.1 Å². The molecule has 0 saturated heterocycles. The van der Waals surface area contributed by atoms with E-state index in [1.54, 1.807) is 0 Å². The molecular weight excluding hydrogens is 366 g/mol. The fraction of sp³-hybridized carbons (Fsp3) is 0. The number of hydrogen-bond acceptors (Lipinski definition) is 3. The predicted molar refractivity (Wildman–Crippen MR) is 79.3 cm³/mol. The smallest absolute Gasteiger partial charge is 0.266 e. The van der Waals surface area contributed by atoms with Crippen LogP contribution < -0.4 is 10.3 Å². The lowest BCUT2D eigenvalue weighted by Crippen LogP contribution is -2.16. The first-order valence-electron chi connectivity index (χ1n) is 5.26. The number of hydrogen-bond donors (Lipinski definition) is 2. The highest BCUT2D eigenvalue weighted by Gasteiger charge is 2.19. The Bertz CT molecular complexity index is 844. The van der Waals surface area contributed by atoms with Gasteiger partial charge in [0.1, 0.15) is 15.7 Å². The van der Waals surface area contributed by atoms with Gasteiger partial charge >= 0.3 is 0 Å². The number of H-pyrrole nitrogens is 1. The number of halogens is 4. The molecule has 0 spiro atoms. The third-order valence-electron chi connectivity index (χ3n) is 2.39. The van der Waals surface area contributed by atoms with Gasteiger partial charge in [-0.2, -0.15) is 0 Å². The van der Waals surface area contributed by atoms with Crippen LogP contribution in [0, 0.1) is 5.82 Å². The molecule has 10 heteroatoms. The van der Waals surface area contributed by atoms with Gasteiger partial charge in [-0.15, -0.1) is 0 Å². The first-order valence-corrected chi connectivity index (χ1v) is 7.88. The van der Waals surface area contributed by atoms with Crippen molar-refractivity contribution in [2.24, 2.45) is 0 Å². The van der Waals surface area contributed by atoms with Gasteiger partial charge in [-0.3, -0.25) is 9.52 Å². The van der Waals surface area contributed by atoms with Crippen LogP contribution in [0.4, 0.5) is 10.1 Å². The average molecular weight is 372 g/mol. The molecule has 21 heavy (non-hydrogen) atoms. The Morgan fingerprint density at radius 1 is 1.05 bits per heavy atom. The minimum atomic E-state index is -4.11. The lowest BCUT2D eigenvalue weighted by atomic mass is 10.3. The maximum Gasteiger partial charge on any atom is 0.266 e. The third kappa shape index (κ3) is 3.49. The highest BCUT2D eigenvalue weighted by molar-refractivity contribution is 7.92. The van der Waals surface area contributed by atoms with Crippen LogP contribution in [-0.4, -0.2) is 13.4 Å². The lowest BCUT2D eigenvalue weighted by Gasteiger charge is -2.11. The van der Waals surface area contributed by atoms with E-state index in [4.69, 9.17) is 34.8 Å². The van der Waals surface area contributed by atoms with E-state index in [1.807, 2.05) is 0 Å². The summed E-state index contributed by atoms with van der Waals surface area (Å²) in [4.78, 5) is 13.0. The summed E-state index contributed by atoms with van der Waals surface area (Å²) in [5.74, 6) is -0.708. The summed E-state index contributed by atoms with van der Waals surface area (Å²) in [5, 5.41) is -0.715. The molecule has 1 aromatic heterocycles. The standard InChI is InChI=1S/C11H6Cl3FN2O3S/c12-7-1-5(15)2-8(13)10(7)17-21(19,20)6-3-9(14)11(18)16-4-6/h1-4,17H,(H,16,18). The zero-order valence-corrected chi connectivity index (χ0v) is 13.0. The number of aromatic amines is 1. The molecule has 2 N–H and O–H groups in total. The van der Waals surface area contributed by atoms with Crippen molar-refractivity contribution in [3.8, 4) is 0 Å². The van der Waals surface area contributed by atoms with Crippen LogP contribution in [0.3, 0.4) is 0 Å². The van der Waals surface area contributed by atoms with Crippen LogP contribution in [0.2, 0.25) is 15.1 Å². The highest BCUT2D eigenvalue weighted by Crippen LogP contribution is 2.33. The van der Waals surface area contributed by atoms with Gasteiger partial charge in [-0.1, -0.05) is 34.8 Å². The number of benzene rings is 1. The quantitative estimate of drug-likeness (QED) is 0.869. The van der Waals surface area contributed by atoms with Crippen molar-refractivity contribution >= 4 is 50.5 Å². The van der Waals surface area contributed by atoms with E-state index >= 15 is 0 Å². The van der Waals surface area contributed by atoms with Crippen molar-refractivity contribution in [2.75, 3.05) is 4.72 Å². The highest BCUT2D eigenvalue weighted by atomic mass is 35.5. The Kier molecular flexibility index (Phi) is 4.48. The molecule has 0 amide bonds. The van der Waals surface area contributed by atoms with Crippen molar-refractivity contribution in [1.29, 1.82) is 0 Å². The first-order chi connectivity index (χ1) is 9.70. The van der Waals surface area contributed by atoms with Crippen molar-refractivity contribution in [2.45, 2.75) is 4.90 Å². The predicted octanol–water partition coefficient (Wildman–Crippen LogP) is 3.28. The molecular formula is C11H6Cl3FN2O3S. The summed E-state index contributed by atoms with van der Waals surface area (Å²) < 4.78 is 39.5. The second-order valence-electron chi connectivity index (χ2n) is 3.86. The van der Waals surface area contributed by atoms with Gasteiger partial charge in [0.2, 0.25) is 0 Å². The van der Waals surface area contributed by atoms with E-state index in [1.165, 1.54) is 0 Å². The molecule has 0 radical (unpaired) electrons. The zero-order valence-electron chi connectivity index (χ0n) is 9.95. The molecule has 0 saturated carbocycles. The number of rotatable bonds is 3. The zero-order chi connectivity index (χ0) is 15.8. The van der Waals surface area contributed by atoms with Crippen molar-refractivity contribution in [1.82, 2.24) is 4.98 Å². The van der Waals surface area contributed by atoms with Gasteiger partial charge < -0.3 is 4.98 Å². The molecule has 5 nitrogen and oxygen atoms in total. The Morgan fingerprint density at radius 3 is 2.14 bits per heavy atom. The monoisotopic (exact) mass is 370 g/mol.